The standard InChI is InChI=1S/C14H22ClN3O2S/c1-11(18-5-7-20-8-6-18)9-16-14(19)17(2)10-12-3-4-13(15)21-12/h3-4,11H,5-10H2,1-2H3,(H,16,19)/t11-/m0/s1. The van der Waals surface area contributed by atoms with Gasteiger partial charge in [0.15, 0.2) is 0 Å². The smallest absolute Gasteiger partial charge is 0.317 e. The molecule has 0 aromatic carbocycles. The third-order valence-electron chi connectivity index (χ3n) is 3.59. The summed E-state index contributed by atoms with van der Waals surface area (Å²) in [6.07, 6.45) is 0. The predicted molar refractivity (Wildman–Crippen MR) is 86.0 cm³/mol. The van der Waals surface area contributed by atoms with E-state index >= 15 is 0 Å². The molecule has 1 N–H and O–H groups in total. The minimum absolute atomic E-state index is 0.0559. The molecule has 0 bridgehead atoms. The topological polar surface area (TPSA) is 44.8 Å². The molecule has 1 atom stereocenters. The number of amides is 2. The summed E-state index contributed by atoms with van der Waals surface area (Å²) >= 11 is 7.40. The molecular formula is C14H22ClN3O2S. The van der Waals surface area contributed by atoms with Gasteiger partial charge in [-0.1, -0.05) is 11.6 Å². The Morgan fingerprint density at radius 3 is 2.86 bits per heavy atom. The second-order valence-electron chi connectivity index (χ2n) is 5.25. The van der Waals surface area contributed by atoms with E-state index in [1.165, 1.54) is 11.3 Å². The van der Waals surface area contributed by atoms with Crippen LogP contribution < -0.4 is 5.32 Å². The van der Waals surface area contributed by atoms with Crippen LogP contribution in [0.2, 0.25) is 4.34 Å². The molecule has 0 spiro atoms. The van der Waals surface area contributed by atoms with E-state index < -0.39 is 0 Å². The quantitative estimate of drug-likeness (QED) is 0.900. The summed E-state index contributed by atoms with van der Waals surface area (Å²) < 4.78 is 6.08. The molecule has 1 aromatic heterocycles. The Morgan fingerprint density at radius 2 is 2.24 bits per heavy atom. The largest absolute Gasteiger partial charge is 0.379 e. The number of carbonyl (C=O) groups excluding carboxylic acids is 1. The molecule has 1 aliphatic heterocycles. The summed E-state index contributed by atoms with van der Waals surface area (Å²) in [5.74, 6) is 0. The second kappa shape index (κ2) is 7.98. The second-order valence-corrected chi connectivity index (χ2v) is 7.04. The van der Waals surface area contributed by atoms with E-state index in [9.17, 15) is 4.79 Å². The fourth-order valence-corrected chi connectivity index (χ4v) is 3.40. The molecule has 2 heterocycles. The van der Waals surface area contributed by atoms with Crippen LogP contribution >= 0.6 is 22.9 Å². The van der Waals surface area contributed by atoms with Gasteiger partial charge in [0, 0.05) is 37.6 Å². The Labute approximate surface area is 134 Å². The first-order valence-corrected chi connectivity index (χ1v) is 8.30. The van der Waals surface area contributed by atoms with E-state index in [0.717, 1.165) is 35.5 Å². The van der Waals surface area contributed by atoms with Gasteiger partial charge < -0.3 is 15.0 Å². The number of hydrogen-bond donors (Lipinski definition) is 1. The molecule has 0 unspecified atom stereocenters. The maximum Gasteiger partial charge on any atom is 0.317 e. The van der Waals surface area contributed by atoms with Crippen molar-refractivity contribution in [3.05, 3.63) is 21.3 Å². The molecule has 5 nitrogen and oxygen atoms in total. The highest BCUT2D eigenvalue weighted by atomic mass is 35.5. The molecule has 1 aliphatic rings. The highest BCUT2D eigenvalue weighted by molar-refractivity contribution is 7.16. The summed E-state index contributed by atoms with van der Waals surface area (Å²) in [6, 6.07) is 4.07. The molecule has 1 fully saturated rings. The number of carbonyl (C=O) groups is 1. The molecule has 2 amide bonds. The Balaban J connectivity index is 1.72. The molecule has 118 valence electrons. The van der Waals surface area contributed by atoms with Crippen molar-refractivity contribution in [3.8, 4) is 0 Å². The monoisotopic (exact) mass is 331 g/mol. The molecule has 0 aliphatic carbocycles. The van der Waals surface area contributed by atoms with Gasteiger partial charge in [-0.3, -0.25) is 4.90 Å². The molecule has 7 heteroatoms. The van der Waals surface area contributed by atoms with Gasteiger partial charge in [-0.25, -0.2) is 4.79 Å². The van der Waals surface area contributed by atoms with Gasteiger partial charge in [-0.05, 0) is 19.1 Å². The lowest BCUT2D eigenvalue weighted by Gasteiger charge is -2.32. The van der Waals surface area contributed by atoms with Crippen molar-refractivity contribution in [1.82, 2.24) is 15.1 Å². The minimum Gasteiger partial charge on any atom is -0.379 e. The van der Waals surface area contributed by atoms with Crippen molar-refractivity contribution in [2.75, 3.05) is 39.9 Å². The first-order chi connectivity index (χ1) is 10.1. The van der Waals surface area contributed by atoms with Gasteiger partial charge in [-0.2, -0.15) is 0 Å². The lowest BCUT2D eigenvalue weighted by Crippen LogP contribution is -2.49. The number of nitrogens with one attached hydrogen (secondary N) is 1. The van der Waals surface area contributed by atoms with Crippen molar-refractivity contribution in [2.24, 2.45) is 0 Å². The number of morpholine rings is 1. The molecule has 0 saturated carbocycles. The normalized spacial score (nSPS) is 17.5. The third-order valence-corrected chi connectivity index (χ3v) is 4.80. The van der Waals surface area contributed by atoms with E-state index in [1.54, 1.807) is 11.9 Å². The highest BCUT2D eigenvalue weighted by Gasteiger charge is 2.18. The molecule has 21 heavy (non-hydrogen) atoms. The van der Waals surface area contributed by atoms with Crippen LogP contribution in [0.4, 0.5) is 4.79 Å². The number of urea groups is 1. The predicted octanol–water partition coefficient (Wildman–Crippen LogP) is 2.26. The van der Waals surface area contributed by atoms with E-state index in [1.807, 2.05) is 12.1 Å². The lowest BCUT2D eigenvalue weighted by molar-refractivity contribution is 0.0207. The lowest BCUT2D eigenvalue weighted by atomic mass is 10.2. The van der Waals surface area contributed by atoms with Crippen LogP contribution in [0.25, 0.3) is 0 Å². The third kappa shape index (κ3) is 5.14. The number of thiophene rings is 1. The zero-order valence-electron chi connectivity index (χ0n) is 12.5. The van der Waals surface area contributed by atoms with Gasteiger partial charge in [-0.15, -0.1) is 11.3 Å². The minimum atomic E-state index is -0.0559. The van der Waals surface area contributed by atoms with Crippen LogP contribution in [0.15, 0.2) is 12.1 Å². The molecule has 2 rings (SSSR count). The molecule has 1 saturated heterocycles. The summed E-state index contributed by atoms with van der Waals surface area (Å²) in [5, 5.41) is 2.98. The maximum absolute atomic E-state index is 12.1. The van der Waals surface area contributed by atoms with E-state index in [-0.39, 0.29) is 6.03 Å². The van der Waals surface area contributed by atoms with Gasteiger partial charge in [0.05, 0.1) is 24.1 Å². The maximum atomic E-state index is 12.1. The van der Waals surface area contributed by atoms with Crippen molar-refractivity contribution < 1.29 is 9.53 Å². The zero-order chi connectivity index (χ0) is 15.2. The van der Waals surface area contributed by atoms with Crippen LogP contribution in [0.5, 0.6) is 0 Å². The Morgan fingerprint density at radius 1 is 1.52 bits per heavy atom. The summed E-state index contributed by atoms with van der Waals surface area (Å²) in [6.45, 7) is 6.77. The van der Waals surface area contributed by atoms with Crippen LogP contribution in [0, 0.1) is 0 Å². The first-order valence-electron chi connectivity index (χ1n) is 7.11. The van der Waals surface area contributed by atoms with Crippen LogP contribution in [-0.2, 0) is 11.3 Å². The number of hydrogen-bond acceptors (Lipinski definition) is 4. The van der Waals surface area contributed by atoms with Gasteiger partial charge in [0.25, 0.3) is 0 Å². The summed E-state index contributed by atoms with van der Waals surface area (Å²) in [7, 11) is 1.79. The van der Waals surface area contributed by atoms with Crippen LogP contribution in [-0.4, -0.2) is 61.8 Å². The van der Waals surface area contributed by atoms with Gasteiger partial charge >= 0.3 is 6.03 Å². The van der Waals surface area contributed by atoms with Crippen molar-refractivity contribution in [1.29, 1.82) is 0 Å². The van der Waals surface area contributed by atoms with Crippen molar-refractivity contribution in [2.45, 2.75) is 19.5 Å². The zero-order valence-corrected chi connectivity index (χ0v) is 14.0. The average molecular weight is 332 g/mol. The Hall–Kier alpha value is -0.820. The van der Waals surface area contributed by atoms with Crippen LogP contribution in [0.3, 0.4) is 0 Å². The van der Waals surface area contributed by atoms with Gasteiger partial charge in [0.1, 0.15) is 0 Å². The number of nitrogens with zero attached hydrogens (tertiary/aromatic N) is 2. The number of ether oxygens (including phenoxy) is 1. The fourth-order valence-electron chi connectivity index (χ4n) is 2.26. The first kappa shape index (κ1) is 16.5. The summed E-state index contributed by atoms with van der Waals surface area (Å²) in [5.41, 5.74) is 0. The Kier molecular flexibility index (Phi) is 6.29. The Bertz CT molecular complexity index is 463. The van der Waals surface area contributed by atoms with Crippen molar-refractivity contribution in [3.63, 3.8) is 0 Å². The molecular weight excluding hydrogens is 310 g/mol. The molecule has 0 radical (unpaired) electrons. The molecule has 1 aromatic rings. The van der Waals surface area contributed by atoms with E-state index in [0.29, 0.717) is 19.1 Å². The van der Waals surface area contributed by atoms with E-state index in [4.69, 9.17) is 16.3 Å². The highest BCUT2D eigenvalue weighted by Crippen LogP contribution is 2.22. The van der Waals surface area contributed by atoms with Crippen molar-refractivity contribution >= 4 is 29.0 Å². The number of halogens is 1. The van der Waals surface area contributed by atoms with E-state index in [2.05, 4.69) is 17.1 Å². The van der Waals surface area contributed by atoms with Crippen LogP contribution in [0.1, 0.15) is 11.8 Å². The fraction of sp³-hybridized carbons (Fsp3) is 0.643. The van der Waals surface area contributed by atoms with Gasteiger partial charge in [0.2, 0.25) is 0 Å². The summed E-state index contributed by atoms with van der Waals surface area (Å²) in [4.78, 5) is 17.2. The average Bonchev–Trinajstić information content (AvgIpc) is 2.90. The number of rotatable bonds is 5. The SMILES string of the molecule is C[C@@H](CNC(=O)N(C)Cc1ccc(Cl)s1)N1CCOCC1.